The summed E-state index contributed by atoms with van der Waals surface area (Å²) < 4.78 is 0. The predicted octanol–water partition coefficient (Wildman–Crippen LogP) is 3.74. The molecule has 2 rings (SSSR count). The molecule has 2 heterocycles. The van der Waals surface area contributed by atoms with E-state index in [0.717, 1.165) is 15.5 Å². The van der Waals surface area contributed by atoms with Crippen molar-refractivity contribution in [3.8, 4) is 0 Å². The Morgan fingerprint density at radius 1 is 1.36 bits per heavy atom. The highest BCUT2D eigenvalue weighted by atomic mass is 35.5. The largest absolute Gasteiger partial charge is 0.388 e. The molecule has 0 radical (unpaired) electrons. The van der Waals surface area contributed by atoms with Gasteiger partial charge in [0.1, 0.15) is 0 Å². The van der Waals surface area contributed by atoms with Crippen molar-refractivity contribution < 1.29 is 5.11 Å². The average molecular weight is 245 g/mol. The minimum Gasteiger partial charge on any atom is -0.388 e. The molecule has 0 saturated heterocycles. The lowest BCUT2D eigenvalue weighted by Crippen LogP contribution is -1.98. The Morgan fingerprint density at radius 2 is 2.21 bits per heavy atom. The summed E-state index contributed by atoms with van der Waals surface area (Å²) in [5.41, 5.74) is 0.972. The van der Waals surface area contributed by atoms with Crippen molar-refractivity contribution in [1.29, 1.82) is 0 Å². The van der Waals surface area contributed by atoms with Crippen LogP contribution in [0, 0.1) is 0 Å². The molecule has 2 aromatic rings. The molecule has 0 aliphatic heterocycles. The van der Waals surface area contributed by atoms with Crippen LogP contribution in [0.25, 0.3) is 0 Å². The highest BCUT2D eigenvalue weighted by Gasteiger charge is 2.11. The maximum Gasteiger partial charge on any atom is 0.0846 e. The summed E-state index contributed by atoms with van der Waals surface area (Å²) in [6.07, 6.45) is 0.171. The third-order valence-corrected chi connectivity index (χ3v) is 4.11. The van der Waals surface area contributed by atoms with E-state index >= 15 is 0 Å². The van der Waals surface area contributed by atoms with Gasteiger partial charge in [-0.25, -0.2) is 0 Å². The summed E-state index contributed by atoms with van der Waals surface area (Å²) >= 11 is 9.13. The molecule has 1 atom stereocenters. The molecule has 4 heteroatoms. The van der Waals surface area contributed by atoms with Crippen LogP contribution in [-0.4, -0.2) is 5.11 Å². The van der Waals surface area contributed by atoms with Gasteiger partial charge in [0.05, 0.1) is 11.1 Å². The Morgan fingerprint density at radius 3 is 2.79 bits per heavy atom. The number of thiophene rings is 2. The molecule has 0 saturated carbocycles. The van der Waals surface area contributed by atoms with Crippen LogP contribution < -0.4 is 0 Å². The second-order valence-electron chi connectivity index (χ2n) is 2.97. The molecule has 0 spiro atoms. The lowest BCUT2D eigenvalue weighted by Gasteiger charge is -2.07. The van der Waals surface area contributed by atoms with Crippen molar-refractivity contribution in [2.75, 3.05) is 0 Å². The van der Waals surface area contributed by atoms with Crippen LogP contribution in [-0.2, 0) is 6.42 Å². The summed E-state index contributed by atoms with van der Waals surface area (Å²) in [6.45, 7) is 0. The van der Waals surface area contributed by atoms with E-state index in [9.17, 15) is 5.11 Å². The number of aliphatic hydroxyl groups is 1. The van der Waals surface area contributed by atoms with Crippen LogP contribution in [0.2, 0.25) is 5.02 Å². The monoisotopic (exact) mass is 244 g/mol. The van der Waals surface area contributed by atoms with E-state index in [2.05, 4.69) is 0 Å². The van der Waals surface area contributed by atoms with Crippen molar-refractivity contribution in [3.63, 3.8) is 0 Å². The Hall–Kier alpha value is -0.350. The molecule has 0 aliphatic rings. The first-order valence-electron chi connectivity index (χ1n) is 4.19. The van der Waals surface area contributed by atoms with Crippen molar-refractivity contribution in [2.24, 2.45) is 0 Å². The molecule has 0 amide bonds. The van der Waals surface area contributed by atoms with Gasteiger partial charge in [-0.3, -0.25) is 0 Å². The zero-order valence-corrected chi connectivity index (χ0v) is 9.70. The van der Waals surface area contributed by atoms with Gasteiger partial charge in [-0.05, 0) is 33.8 Å². The first kappa shape index (κ1) is 10.2. The lowest BCUT2D eigenvalue weighted by molar-refractivity contribution is 0.180. The zero-order valence-electron chi connectivity index (χ0n) is 7.31. The van der Waals surface area contributed by atoms with E-state index in [1.54, 1.807) is 22.7 Å². The molecule has 1 N–H and O–H groups in total. The minimum atomic E-state index is -0.433. The number of hydrogen-bond acceptors (Lipinski definition) is 3. The minimum absolute atomic E-state index is 0.433. The van der Waals surface area contributed by atoms with E-state index < -0.39 is 6.10 Å². The van der Waals surface area contributed by atoms with Gasteiger partial charge in [0.2, 0.25) is 0 Å². The third kappa shape index (κ3) is 2.17. The molecule has 0 fully saturated rings. The SMILES string of the molecule is OC(Cc1sccc1Cl)c1ccsc1. The van der Waals surface area contributed by atoms with Gasteiger partial charge < -0.3 is 5.11 Å². The second-order valence-corrected chi connectivity index (χ2v) is 5.16. The van der Waals surface area contributed by atoms with Gasteiger partial charge in [-0.15, -0.1) is 11.3 Å². The first-order valence-corrected chi connectivity index (χ1v) is 6.39. The smallest absolute Gasteiger partial charge is 0.0846 e. The van der Waals surface area contributed by atoms with Gasteiger partial charge >= 0.3 is 0 Å². The highest BCUT2D eigenvalue weighted by molar-refractivity contribution is 7.10. The van der Waals surface area contributed by atoms with Crippen molar-refractivity contribution >= 4 is 34.3 Å². The van der Waals surface area contributed by atoms with Gasteiger partial charge in [-0.1, -0.05) is 11.6 Å². The topological polar surface area (TPSA) is 20.2 Å². The summed E-state index contributed by atoms with van der Waals surface area (Å²) in [4.78, 5) is 1.05. The van der Waals surface area contributed by atoms with E-state index in [1.165, 1.54) is 0 Å². The van der Waals surface area contributed by atoms with Crippen LogP contribution in [0.15, 0.2) is 28.3 Å². The molecule has 0 bridgehead atoms. The number of aliphatic hydroxyl groups excluding tert-OH is 1. The fourth-order valence-electron chi connectivity index (χ4n) is 1.23. The van der Waals surface area contributed by atoms with Crippen molar-refractivity contribution in [1.82, 2.24) is 0 Å². The van der Waals surface area contributed by atoms with Crippen molar-refractivity contribution in [3.05, 3.63) is 43.7 Å². The van der Waals surface area contributed by atoms with Gasteiger partial charge in [-0.2, -0.15) is 11.3 Å². The Kier molecular flexibility index (Phi) is 3.23. The second kappa shape index (κ2) is 4.45. The number of rotatable bonds is 3. The van der Waals surface area contributed by atoms with Gasteiger partial charge in [0, 0.05) is 11.3 Å². The van der Waals surface area contributed by atoms with E-state index in [-0.39, 0.29) is 0 Å². The van der Waals surface area contributed by atoms with E-state index in [1.807, 2.05) is 28.3 Å². The molecule has 1 nitrogen and oxygen atoms in total. The van der Waals surface area contributed by atoms with Crippen LogP contribution in [0.4, 0.5) is 0 Å². The normalized spacial score (nSPS) is 13.0. The molecule has 14 heavy (non-hydrogen) atoms. The maximum absolute atomic E-state index is 9.86. The molecule has 0 aromatic carbocycles. The molecule has 0 aliphatic carbocycles. The molecule has 1 unspecified atom stereocenters. The first-order chi connectivity index (χ1) is 6.77. The lowest BCUT2D eigenvalue weighted by atomic mass is 10.1. The fraction of sp³-hybridized carbons (Fsp3) is 0.200. The third-order valence-electron chi connectivity index (χ3n) is 2.00. The highest BCUT2D eigenvalue weighted by Crippen LogP contribution is 2.28. The predicted molar refractivity (Wildman–Crippen MR) is 62.3 cm³/mol. The molecule has 74 valence electrons. The summed E-state index contributed by atoms with van der Waals surface area (Å²) in [7, 11) is 0. The Bertz CT molecular complexity index is 394. The van der Waals surface area contributed by atoms with Crippen molar-refractivity contribution in [2.45, 2.75) is 12.5 Å². The number of hydrogen-bond donors (Lipinski definition) is 1. The standard InChI is InChI=1S/C10H9ClOS2/c11-8-2-4-14-10(8)5-9(12)7-1-3-13-6-7/h1-4,6,9,12H,5H2. The van der Waals surface area contributed by atoms with E-state index in [4.69, 9.17) is 11.6 Å². The maximum atomic E-state index is 9.86. The average Bonchev–Trinajstić information content (AvgIpc) is 2.77. The van der Waals surface area contributed by atoms with Crippen LogP contribution in [0.1, 0.15) is 16.5 Å². The Balaban J connectivity index is 2.09. The summed E-state index contributed by atoms with van der Waals surface area (Å²) in [5.74, 6) is 0. The number of halogens is 1. The zero-order chi connectivity index (χ0) is 9.97. The molecular formula is C10H9ClOS2. The fourth-order valence-corrected chi connectivity index (χ4v) is 3.09. The molecular weight excluding hydrogens is 236 g/mol. The quantitative estimate of drug-likeness (QED) is 0.872. The van der Waals surface area contributed by atoms with Gasteiger partial charge in [0.15, 0.2) is 0 Å². The van der Waals surface area contributed by atoms with Crippen LogP contribution >= 0.6 is 34.3 Å². The Labute approximate surface area is 95.6 Å². The van der Waals surface area contributed by atoms with Crippen LogP contribution in [0.5, 0.6) is 0 Å². The van der Waals surface area contributed by atoms with E-state index in [0.29, 0.717) is 6.42 Å². The summed E-state index contributed by atoms with van der Waals surface area (Å²) in [6, 6.07) is 3.80. The van der Waals surface area contributed by atoms with Gasteiger partial charge in [0.25, 0.3) is 0 Å². The molecule has 2 aromatic heterocycles. The van der Waals surface area contributed by atoms with Crippen LogP contribution in [0.3, 0.4) is 0 Å². The summed E-state index contributed by atoms with van der Waals surface area (Å²) in [5, 5.41) is 16.5.